The minimum atomic E-state index is -3.66. The molecule has 1 fully saturated rings. The highest BCUT2D eigenvalue weighted by Gasteiger charge is 2.37. The first-order valence-electron chi connectivity index (χ1n) is 8.61. The summed E-state index contributed by atoms with van der Waals surface area (Å²) in [6.07, 6.45) is 4.45. The Balaban J connectivity index is 1.88. The van der Waals surface area contributed by atoms with Crippen LogP contribution in [0.15, 0.2) is 47.1 Å². The average molecular weight is 406 g/mol. The molecule has 0 amide bonds. The number of carbonyl (C=O) groups excluding carboxylic acids is 1. The first-order chi connectivity index (χ1) is 13.3. The first kappa shape index (κ1) is 20.0. The van der Waals surface area contributed by atoms with E-state index in [-0.39, 0.29) is 31.0 Å². The fourth-order valence-electron chi connectivity index (χ4n) is 2.88. The summed E-state index contributed by atoms with van der Waals surface area (Å²) in [5.74, 6) is -0.274. The van der Waals surface area contributed by atoms with Crippen molar-refractivity contribution in [2.45, 2.75) is 6.04 Å². The molecule has 150 valence electrons. The summed E-state index contributed by atoms with van der Waals surface area (Å²) in [5.41, 5.74) is 0.702. The molecule has 1 N–H and O–H groups in total. The van der Waals surface area contributed by atoms with Crippen molar-refractivity contribution in [3.8, 4) is 0 Å². The number of nitrogens with one attached hydrogen (secondary N) is 1. The van der Waals surface area contributed by atoms with E-state index in [4.69, 9.17) is 9.93 Å². The lowest BCUT2D eigenvalue weighted by molar-refractivity contribution is -0.766. The van der Waals surface area contributed by atoms with Crippen LogP contribution in [0.4, 0.5) is 0 Å². The lowest BCUT2D eigenvalue weighted by Gasteiger charge is -2.40. The molecule has 28 heavy (non-hydrogen) atoms. The maximum absolute atomic E-state index is 12.9. The number of nitrogens with zero attached hydrogens (tertiary/aromatic N) is 5. The van der Waals surface area contributed by atoms with Crippen LogP contribution < -0.4 is 20.6 Å². The summed E-state index contributed by atoms with van der Waals surface area (Å²) >= 11 is 0. The normalized spacial score (nSPS) is 18.8. The van der Waals surface area contributed by atoms with Crippen LogP contribution in [0.5, 0.6) is 0 Å². The highest BCUT2D eigenvalue weighted by atomic mass is 32.2. The third kappa shape index (κ3) is 4.21. The molecule has 1 unspecified atom stereocenters. The topological polar surface area (TPSA) is 116 Å². The summed E-state index contributed by atoms with van der Waals surface area (Å²) < 4.78 is 32.2. The quantitative estimate of drug-likeness (QED) is 0.472. The van der Waals surface area contributed by atoms with Gasteiger partial charge in [-0.25, -0.2) is 0 Å². The van der Waals surface area contributed by atoms with E-state index >= 15 is 0 Å². The summed E-state index contributed by atoms with van der Waals surface area (Å²) in [6, 6.07) is 8.53. The van der Waals surface area contributed by atoms with Crippen LogP contribution >= 0.6 is 0 Å². The largest absolute Gasteiger partial charge is 0.380 e. The number of aromatic nitrogens is 2. The summed E-state index contributed by atoms with van der Waals surface area (Å²) in [6.45, 7) is 0.366. The zero-order valence-electron chi connectivity index (χ0n) is 15.6. The van der Waals surface area contributed by atoms with Gasteiger partial charge >= 0.3 is 0 Å². The third-order valence-electron chi connectivity index (χ3n) is 4.39. The molecule has 2 heterocycles. The highest BCUT2D eigenvalue weighted by Crippen LogP contribution is 2.14. The van der Waals surface area contributed by atoms with Crippen LogP contribution in [0.2, 0.25) is 0 Å². The molecule has 11 heteroatoms. The van der Waals surface area contributed by atoms with Gasteiger partial charge in [-0.3, -0.25) is 15.2 Å². The van der Waals surface area contributed by atoms with Crippen LogP contribution in [0, 0.1) is 5.41 Å². The van der Waals surface area contributed by atoms with Crippen LogP contribution in [-0.4, -0.2) is 62.6 Å². The molecule has 1 saturated heterocycles. The fourth-order valence-corrected chi connectivity index (χ4v) is 3.99. The van der Waals surface area contributed by atoms with Gasteiger partial charge in [0.1, 0.15) is 0 Å². The molecular weight excluding hydrogens is 384 g/mol. The van der Waals surface area contributed by atoms with E-state index in [1.807, 2.05) is 30.3 Å². The zero-order chi connectivity index (χ0) is 20.3. The maximum atomic E-state index is 12.9. The highest BCUT2D eigenvalue weighted by molar-refractivity contribution is 7.86. The summed E-state index contributed by atoms with van der Waals surface area (Å²) in [7, 11) is -0.758. The van der Waals surface area contributed by atoms with E-state index < -0.39 is 16.3 Å². The predicted molar refractivity (Wildman–Crippen MR) is 99.6 cm³/mol. The molecule has 0 bridgehead atoms. The lowest BCUT2D eigenvalue weighted by atomic mass is 10.1. The molecule has 1 aliphatic rings. The molecule has 1 atom stereocenters. The van der Waals surface area contributed by atoms with Crippen molar-refractivity contribution < 1.29 is 22.5 Å². The molecule has 1 aliphatic heterocycles. The van der Waals surface area contributed by atoms with Crippen molar-refractivity contribution in [1.29, 1.82) is 5.41 Å². The summed E-state index contributed by atoms with van der Waals surface area (Å²) in [5, 5.41) is 12.8. The first-order valence-corrected chi connectivity index (χ1v) is 10.0. The van der Waals surface area contributed by atoms with Gasteiger partial charge in [0.15, 0.2) is 5.78 Å². The van der Waals surface area contributed by atoms with Crippen molar-refractivity contribution in [2.75, 3.05) is 38.7 Å². The second-order valence-electron chi connectivity index (χ2n) is 6.46. The number of hydrogen-bond donors (Lipinski definition) is 1. The van der Waals surface area contributed by atoms with E-state index in [9.17, 15) is 13.2 Å². The van der Waals surface area contributed by atoms with E-state index in [1.165, 1.54) is 35.5 Å². The molecule has 10 nitrogen and oxygen atoms in total. The molecular formula is C17H22N6O4S. The predicted octanol–water partition coefficient (Wildman–Crippen LogP) is -1.29. The van der Waals surface area contributed by atoms with Gasteiger partial charge in [0.05, 0.1) is 6.04 Å². The molecule has 0 saturated carbocycles. The van der Waals surface area contributed by atoms with Crippen molar-refractivity contribution in [2.24, 2.45) is 0 Å². The van der Waals surface area contributed by atoms with Gasteiger partial charge in [-0.05, 0) is 16.9 Å². The zero-order valence-corrected chi connectivity index (χ0v) is 16.4. The Bertz CT molecular complexity index is 1010. The molecule has 3 rings (SSSR count). The Morgan fingerprint density at radius 3 is 2.64 bits per heavy atom. The Morgan fingerprint density at radius 1 is 1.32 bits per heavy atom. The van der Waals surface area contributed by atoms with Crippen LogP contribution in [0.25, 0.3) is 6.08 Å². The van der Waals surface area contributed by atoms with Crippen LogP contribution in [0.1, 0.15) is 5.56 Å². The van der Waals surface area contributed by atoms with Crippen molar-refractivity contribution in [3.63, 3.8) is 0 Å². The Kier molecular flexibility index (Phi) is 5.77. The molecule has 0 spiro atoms. The van der Waals surface area contributed by atoms with Gasteiger partial charge in [-0.1, -0.05) is 41.2 Å². The number of rotatable bonds is 6. The minimum Gasteiger partial charge on any atom is -0.380 e. The van der Waals surface area contributed by atoms with Gasteiger partial charge in [0.25, 0.3) is 22.0 Å². The molecule has 2 aromatic rings. The average Bonchev–Trinajstić information content (AvgIpc) is 3.12. The molecule has 1 aromatic carbocycles. The van der Waals surface area contributed by atoms with E-state index in [2.05, 4.69) is 5.27 Å². The van der Waals surface area contributed by atoms with Crippen LogP contribution in [-0.2, 0) is 15.0 Å². The smallest absolute Gasteiger partial charge is 0.286 e. The fraction of sp³-hybridized carbons (Fsp3) is 0.353. The monoisotopic (exact) mass is 406 g/mol. The molecule has 0 aliphatic carbocycles. The number of ketones is 1. The van der Waals surface area contributed by atoms with E-state index in [0.29, 0.717) is 0 Å². The van der Waals surface area contributed by atoms with Gasteiger partial charge in [-0.15, -0.1) is 0 Å². The number of carbonyl (C=O) groups is 1. The Hall–Kier alpha value is -2.76. The van der Waals surface area contributed by atoms with Crippen molar-refractivity contribution in [1.82, 2.24) is 13.9 Å². The SMILES string of the molecule is CN(C)S(=O)(=O)N1CCN([n+]2cc(=N)o[n-]2)C(C(=O)C=Cc2ccccc2)C1. The van der Waals surface area contributed by atoms with Crippen molar-refractivity contribution in [3.05, 3.63) is 53.7 Å². The second-order valence-corrected chi connectivity index (χ2v) is 8.60. The van der Waals surface area contributed by atoms with E-state index in [1.54, 1.807) is 11.1 Å². The number of hydrogen-bond acceptors (Lipinski definition) is 6. The molecule has 1 aromatic heterocycles. The number of benzene rings is 1. The van der Waals surface area contributed by atoms with Crippen molar-refractivity contribution >= 4 is 22.1 Å². The lowest BCUT2D eigenvalue weighted by Crippen LogP contribution is -2.73. The standard InChI is InChI=1S/C17H22N6O4S/c1-20(2)28(25,26)21-10-11-22(23-13-17(18)27-19-23)15(12-21)16(24)9-8-14-6-4-3-5-7-14/h3-9,13,15,18H,10-12H2,1-2H3. The summed E-state index contributed by atoms with van der Waals surface area (Å²) in [4.78, 5) is 14.2. The molecule has 0 radical (unpaired) electrons. The van der Waals surface area contributed by atoms with E-state index in [0.717, 1.165) is 9.87 Å². The van der Waals surface area contributed by atoms with Gasteiger partial charge in [0, 0.05) is 33.7 Å². The minimum absolute atomic E-state index is 0.0360. The van der Waals surface area contributed by atoms with Gasteiger partial charge < -0.3 is 4.52 Å². The maximum Gasteiger partial charge on any atom is 0.286 e. The van der Waals surface area contributed by atoms with Crippen LogP contribution in [0.3, 0.4) is 0 Å². The Morgan fingerprint density at radius 2 is 2.04 bits per heavy atom. The van der Waals surface area contributed by atoms with Gasteiger partial charge in [-0.2, -0.15) is 17.0 Å². The number of piperazine rings is 1. The third-order valence-corrected chi connectivity index (χ3v) is 6.30. The van der Waals surface area contributed by atoms with Gasteiger partial charge in [0.2, 0.25) is 0 Å². The Labute approximate surface area is 162 Å². The second kappa shape index (κ2) is 8.09.